The fourth-order valence-electron chi connectivity index (χ4n) is 3.82. The Hall–Kier alpha value is -0.300. The summed E-state index contributed by atoms with van der Waals surface area (Å²) >= 11 is 0. The van der Waals surface area contributed by atoms with Gasteiger partial charge in [0.15, 0.2) is 0 Å². The topological polar surface area (TPSA) is 12.5 Å². The molecule has 3 aliphatic rings. The molecule has 3 rings (SSSR count). The fourth-order valence-corrected chi connectivity index (χ4v) is 3.82. The van der Waals surface area contributed by atoms with Crippen LogP contribution in [0.1, 0.15) is 77.0 Å². The highest BCUT2D eigenvalue weighted by atomic mass is 16.6. The number of hydrogen-bond acceptors (Lipinski definition) is 1. The molecule has 1 aliphatic heterocycles. The second-order valence-electron chi connectivity index (χ2n) is 6.13. The summed E-state index contributed by atoms with van der Waals surface area (Å²) in [5, 5.41) is 0. The van der Waals surface area contributed by atoms with Crippen molar-refractivity contribution in [2.24, 2.45) is 0 Å². The molecule has 17 heavy (non-hydrogen) atoms. The zero-order chi connectivity index (χ0) is 11.6. The molecule has 2 fully saturated rings. The Balaban J connectivity index is 1.78. The molecule has 0 aromatic heterocycles. The standard InChI is InChI=1S/C16H26O/c1-2-6-10-14-11-7-4-5-9-13-16(14)15(17-16)12-8-3-1/h10,15H,1-9,11-13H2/b14-10+/t15-,16?/m0/s1. The molecule has 1 nitrogen and oxygen atoms in total. The first kappa shape index (κ1) is 11.8. The number of rotatable bonds is 0. The van der Waals surface area contributed by atoms with Crippen LogP contribution in [0.3, 0.4) is 0 Å². The lowest BCUT2D eigenvalue weighted by Crippen LogP contribution is -2.21. The van der Waals surface area contributed by atoms with Crippen LogP contribution in [0.5, 0.6) is 0 Å². The Morgan fingerprint density at radius 2 is 1.76 bits per heavy atom. The first-order chi connectivity index (χ1) is 8.42. The number of ether oxygens (including phenoxy) is 1. The third-order valence-electron chi connectivity index (χ3n) is 4.91. The Bertz CT molecular complexity index is 294. The molecule has 2 atom stereocenters. The van der Waals surface area contributed by atoms with Gasteiger partial charge in [-0.2, -0.15) is 0 Å². The van der Waals surface area contributed by atoms with E-state index in [1.54, 1.807) is 5.57 Å². The van der Waals surface area contributed by atoms with Crippen molar-refractivity contribution in [1.29, 1.82) is 0 Å². The second-order valence-corrected chi connectivity index (χ2v) is 6.13. The number of allylic oxidation sites excluding steroid dienone is 1. The summed E-state index contributed by atoms with van der Waals surface area (Å²) in [6.07, 6.45) is 19.6. The second kappa shape index (κ2) is 5.14. The lowest BCUT2D eigenvalue weighted by Gasteiger charge is -2.21. The molecule has 1 heterocycles. The minimum Gasteiger partial charge on any atom is -0.361 e. The number of hydrogen-bond donors (Lipinski definition) is 0. The van der Waals surface area contributed by atoms with E-state index < -0.39 is 0 Å². The largest absolute Gasteiger partial charge is 0.361 e. The van der Waals surface area contributed by atoms with Crippen LogP contribution in [0.25, 0.3) is 0 Å². The van der Waals surface area contributed by atoms with E-state index in [1.807, 2.05) is 0 Å². The van der Waals surface area contributed by atoms with E-state index in [-0.39, 0.29) is 5.60 Å². The van der Waals surface area contributed by atoms with Crippen LogP contribution >= 0.6 is 0 Å². The van der Waals surface area contributed by atoms with Crippen LogP contribution in [-0.4, -0.2) is 11.7 Å². The van der Waals surface area contributed by atoms with Crippen molar-refractivity contribution in [3.63, 3.8) is 0 Å². The zero-order valence-corrected chi connectivity index (χ0v) is 11.0. The molecular weight excluding hydrogens is 208 g/mol. The fraction of sp³-hybridized carbons (Fsp3) is 0.875. The van der Waals surface area contributed by atoms with E-state index in [9.17, 15) is 0 Å². The Kier molecular flexibility index (Phi) is 3.56. The van der Waals surface area contributed by atoms with Gasteiger partial charge in [-0.15, -0.1) is 0 Å². The van der Waals surface area contributed by atoms with Gasteiger partial charge in [0.1, 0.15) is 5.60 Å². The first-order valence-electron chi connectivity index (χ1n) is 7.79. The van der Waals surface area contributed by atoms with Gasteiger partial charge in [0.2, 0.25) is 0 Å². The molecule has 0 N–H and O–H groups in total. The molecule has 2 aliphatic carbocycles. The highest BCUT2D eigenvalue weighted by molar-refractivity contribution is 5.28. The summed E-state index contributed by atoms with van der Waals surface area (Å²) in [5.74, 6) is 0. The summed E-state index contributed by atoms with van der Waals surface area (Å²) in [4.78, 5) is 0. The molecule has 1 saturated heterocycles. The van der Waals surface area contributed by atoms with Gasteiger partial charge >= 0.3 is 0 Å². The summed E-state index contributed by atoms with van der Waals surface area (Å²) in [6, 6.07) is 0. The van der Waals surface area contributed by atoms with Crippen LogP contribution in [-0.2, 0) is 4.74 Å². The zero-order valence-electron chi connectivity index (χ0n) is 11.0. The van der Waals surface area contributed by atoms with Gasteiger partial charge < -0.3 is 4.74 Å². The monoisotopic (exact) mass is 234 g/mol. The van der Waals surface area contributed by atoms with Crippen molar-refractivity contribution >= 4 is 0 Å². The Morgan fingerprint density at radius 3 is 2.76 bits per heavy atom. The predicted molar refractivity (Wildman–Crippen MR) is 71.1 cm³/mol. The van der Waals surface area contributed by atoms with Gasteiger partial charge in [0, 0.05) is 0 Å². The van der Waals surface area contributed by atoms with Crippen LogP contribution in [0, 0.1) is 0 Å². The summed E-state index contributed by atoms with van der Waals surface area (Å²) < 4.78 is 6.21. The number of epoxide rings is 1. The molecule has 1 spiro atoms. The minimum absolute atomic E-state index is 0.234. The van der Waals surface area contributed by atoms with Crippen molar-refractivity contribution in [2.75, 3.05) is 0 Å². The van der Waals surface area contributed by atoms with Gasteiger partial charge in [-0.3, -0.25) is 0 Å². The van der Waals surface area contributed by atoms with Crippen LogP contribution in [0.2, 0.25) is 0 Å². The summed E-state index contributed by atoms with van der Waals surface area (Å²) in [6.45, 7) is 0. The quantitative estimate of drug-likeness (QED) is 0.435. The Labute approximate surface area is 106 Å². The molecule has 0 amide bonds. The molecule has 0 radical (unpaired) electrons. The van der Waals surface area contributed by atoms with E-state index in [0.29, 0.717) is 6.10 Å². The van der Waals surface area contributed by atoms with Crippen LogP contribution in [0.15, 0.2) is 11.6 Å². The normalized spacial score (nSPS) is 42.1. The predicted octanol–water partition coefficient (Wildman–Crippen LogP) is 4.76. The van der Waals surface area contributed by atoms with Gasteiger partial charge in [0.05, 0.1) is 6.10 Å². The first-order valence-corrected chi connectivity index (χ1v) is 7.79. The summed E-state index contributed by atoms with van der Waals surface area (Å²) in [5.41, 5.74) is 1.92. The Morgan fingerprint density at radius 1 is 0.941 bits per heavy atom. The maximum absolute atomic E-state index is 6.21. The third-order valence-corrected chi connectivity index (χ3v) is 4.91. The van der Waals surface area contributed by atoms with E-state index >= 15 is 0 Å². The van der Waals surface area contributed by atoms with Crippen molar-refractivity contribution in [3.8, 4) is 0 Å². The maximum Gasteiger partial charge on any atom is 0.116 e. The van der Waals surface area contributed by atoms with Crippen molar-refractivity contribution in [3.05, 3.63) is 11.6 Å². The molecule has 0 aromatic rings. The smallest absolute Gasteiger partial charge is 0.116 e. The SMILES string of the molecule is C1=C2\CCCCCCC23O[C@H]3CCCCCC/1. The van der Waals surface area contributed by atoms with E-state index in [2.05, 4.69) is 6.08 Å². The van der Waals surface area contributed by atoms with Crippen molar-refractivity contribution < 1.29 is 4.74 Å². The van der Waals surface area contributed by atoms with E-state index in [4.69, 9.17) is 4.74 Å². The maximum atomic E-state index is 6.21. The van der Waals surface area contributed by atoms with Crippen LogP contribution in [0.4, 0.5) is 0 Å². The average molecular weight is 234 g/mol. The minimum atomic E-state index is 0.234. The molecule has 1 saturated carbocycles. The lowest BCUT2D eigenvalue weighted by atomic mass is 9.81. The summed E-state index contributed by atoms with van der Waals surface area (Å²) in [7, 11) is 0. The molecule has 96 valence electrons. The van der Waals surface area contributed by atoms with Gasteiger partial charge in [0.25, 0.3) is 0 Å². The molecule has 1 heteroatoms. The van der Waals surface area contributed by atoms with E-state index in [0.717, 1.165) is 0 Å². The van der Waals surface area contributed by atoms with E-state index in [1.165, 1.54) is 77.0 Å². The average Bonchev–Trinajstić information content (AvgIpc) is 3.02. The van der Waals surface area contributed by atoms with Crippen molar-refractivity contribution in [2.45, 2.75) is 88.8 Å². The van der Waals surface area contributed by atoms with Gasteiger partial charge in [-0.1, -0.05) is 44.6 Å². The lowest BCUT2D eigenvalue weighted by molar-refractivity contribution is 0.288. The molecule has 0 aromatic carbocycles. The molecule has 1 unspecified atom stereocenters. The third kappa shape index (κ3) is 2.45. The van der Waals surface area contributed by atoms with Gasteiger partial charge in [-0.25, -0.2) is 0 Å². The highest BCUT2D eigenvalue weighted by Crippen LogP contribution is 2.52. The van der Waals surface area contributed by atoms with Crippen molar-refractivity contribution in [1.82, 2.24) is 0 Å². The highest BCUT2D eigenvalue weighted by Gasteiger charge is 2.57. The van der Waals surface area contributed by atoms with Crippen LogP contribution < -0.4 is 0 Å². The molecule has 0 bridgehead atoms. The molecular formula is C16H26O. The van der Waals surface area contributed by atoms with Gasteiger partial charge in [-0.05, 0) is 44.1 Å².